The molecule has 35 heavy (non-hydrogen) atoms. The van der Waals surface area contributed by atoms with Crippen molar-refractivity contribution in [3.63, 3.8) is 0 Å². The fourth-order valence-corrected chi connectivity index (χ4v) is 6.25. The van der Waals surface area contributed by atoms with Crippen molar-refractivity contribution < 1.29 is 14.7 Å². The molecule has 4 aromatic rings. The number of carbonyl (C=O) groups is 2. The number of hydrogen-bond acceptors (Lipinski definition) is 6. The number of aliphatic carboxylic acids is 1. The summed E-state index contributed by atoms with van der Waals surface area (Å²) in [4.78, 5) is 29.6. The van der Waals surface area contributed by atoms with Crippen LogP contribution in [0.2, 0.25) is 0 Å². The summed E-state index contributed by atoms with van der Waals surface area (Å²) in [6.07, 6.45) is 2.29. The lowest BCUT2D eigenvalue weighted by atomic mass is 9.94. The molecule has 0 saturated carbocycles. The third kappa shape index (κ3) is 6.25. The lowest BCUT2D eigenvalue weighted by Gasteiger charge is -2.17. The van der Waals surface area contributed by atoms with Crippen LogP contribution in [0.3, 0.4) is 0 Å². The highest BCUT2D eigenvalue weighted by atomic mass is 32.2. The molecule has 0 aliphatic carbocycles. The lowest BCUT2D eigenvalue weighted by molar-refractivity contribution is -0.139. The van der Waals surface area contributed by atoms with Gasteiger partial charge in [0.1, 0.15) is 6.04 Å². The summed E-state index contributed by atoms with van der Waals surface area (Å²) in [5.41, 5.74) is 5.36. The number of thiazole rings is 1. The van der Waals surface area contributed by atoms with Crippen molar-refractivity contribution in [2.24, 2.45) is 0 Å². The van der Waals surface area contributed by atoms with E-state index in [1.54, 1.807) is 40.9 Å². The molecule has 0 fully saturated rings. The Balaban J connectivity index is 1.62. The Morgan fingerprint density at radius 3 is 2.57 bits per heavy atom. The monoisotopic (exact) mass is 522 g/mol. The maximum atomic E-state index is 13.2. The molecule has 0 radical (unpaired) electrons. The van der Waals surface area contributed by atoms with Crippen molar-refractivity contribution in [2.45, 2.75) is 29.5 Å². The van der Waals surface area contributed by atoms with Gasteiger partial charge in [-0.2, -0.15) is 11.8 Å². The standard InChI is InChI=1S/C27H26N2O3S3/c1-17-7-3-4-8-19(17)21-15-18(16-34-27-29-22-9-5-6-10-24(22)35-27)11-12-20(21)25(30)28-23(26(31)32)13-14-33-2/h3-12,15,23H,13-14,16H2,1-2H3,(H,28,30)(H,31,32)/t23-/m0/s1. The summed E-state index contributed by atoms with van der Waals surface area (Å²) in [6.45, 7) is 2.01. The van der Waals surface area contributed by atoms with Crippen LogP contribution in [0, 0.1) is 6.92 Å². The second-order valence-corrected chi connectivity index (χ2v) is 11.3. The molecule has 0 spiro atoms. The topological polar surface area (TPSA) is 79.3 Å². The molecule has 0 aliphatic heterocycles. The lowest BCUT2D eigenvalue weighted by Crippen LogP contribution is -2.41. The maximum Gasteiger partial charge on any atom is 0.326 e. The number of aryl methyl sites for hydroxylation is 1. The normalized spacial score (nSPS) is 11.9. The largest absolute Gasteiger partial charge is 0.480 e. The molecule has 0 bridgehead atoms. The molecular formula is C27H26N2O3S3. The third-order valence-electron chi connectivity index (χ3n) is 5.61. The van der Waals surface area contributed by atoms with Crippen LogP contribution < -0.4 is 5.32 Å². The number of carboxylic acids is 1. The number of carboxylic acid groups (broad SMARTS) is 1. The van der Waals surface area contributed by atoms with Crippen LogP contribution in [0.25, 0.3) is 21.3 Å². The van der Waals surface area contributed by atoms with Crippen LogP contribution in [0.5, 0.6) is 0 Å². The van der Waals surface area contributed by atoms with Crippen molar-refractivity contribution in [1.29, 1.82) is 0 Å². The molecule has 2 N–H and O–H groups in total. The summed E-state index contributed by atoms with van der Waals surface area (Å²) < 4.78 is 2.17. The molecule has 0 saturated heterocycles. The van der Waals surface area contributed by atoms with E-state index in [1.807, 2.05) is 67.8 Å². The zero-order valence-electron chi connectivity index (χ0n) is 19.5. The number of nitrogens with one attached hydrogen (secondary N) is 1. The van der Waals surface area contributed by atoms with Gasteiger partial charge >= 0.3 is 5.97 Å². The maximum absolute atomic E-state index is 13.2. The minimum absolute atomic E-state index is 0.373. The highest BCUT2D eigenvalue weighted by Crippen LogP contribution is 2.34. The van der Waals surface area contributed by atoms with E-state index in [1.165, 1.54) is 0 Å². The zero-order chi connectivity index (χ0) is 24.8. The predicted octanol–water partition coefficient (Wildman–Crippen LogP) is 6.50. The molecule has 180 valence electrons. The average Bonchev–Trinajstić information content (AvgIpc) is 3.28. The highest BCUT2D eigenvalue weighted by molar-refractivity contribution is 8.00. The van der Waals surface area contributed by atoms with Crippen LogP contribution >= 0.6 is 34.9 Å². The fraction of sp³-hybridized carbons (Fsp3) is 0.222. The first kappa shape index (κ1) is 25.3. The van der Waals surface area contributed by atoms with Gasteiger partial charge in [-0.3, -0.25) is 4.79 Å². The van der Waals surface area contributed by atoms with Gasteiger partial charge in [-0.05, 0) is 71.9 Å². The summed E-state index contributed by atoms with van der Waals surface area (Å²) in [5, 5.41) is 12.3. The minimum Gasteiger partial charge on any atom is -0.480 e. The third-order valence-corrected chi connectivity index (χ3v) is 8.51. The van der Waals surface area contributed by atoms with Crippen molar-refractivity contribution in [1.82, 2.24) is 10.3 Å². The number of fused-ring (bicyclic) bond motifs is 1. The number of thioether (sulfide) groups is 2. The van der Waals surface area contributed by atoms with Gasteiger partial charge in [0.2, 0.25) is 0 Å². The molecule has 1 heterocycles. The molecule has 5 nitrogen and oxygen atoms in total. The molecule has 0 aliphatic rings. The van der Waals surface area contributed by atoms with Gasteiger partial charge in [0.25, 0.3) is 5.91 Å². The van der Waals surface area contributed by atoms with Gasteiger partial charge in [-0.1, -0.05) is 54.2 Å². The Kier molecular flexibility index (Phi) is 8.49. The number of benzene rings is 3. The Hall–Kier alpha value is -2.81. The van der Waals surface area contributed by atoms with E-state index in [0.717, 1.165) is 36.8 Å². The Morgan fingerprint density at radius 2 is 1.83 bits per heavy atom. The molecule has 1 aromatic heterocycles. The number of para-hydroxylation sites is 1. The van der Waals surface area contributed by atoms with Gasteiger partial charge in [0, 0.05) is 11.3 Å². The number of nitrogens with zero attached hydrogens (tertiary/aromatic N) is 1. The number of rotatable bonds is 10. The SMILES string of the molecule is CSCC[C@H](NC(=O)c1ccc(CSc2nc3ccccc3s2)cc1-c1ccccc1C)C(=O)O. The first-order valence-corrected chi connectivity index (χ1v) is 14.4. The van der Waals surface area contributed by atoms with E-state index in [9.17, 15) is 14.7 Å². The van der Waals surface area contributed by atoms with Crippen LogP contribution in [0.4, 0.5) is 0 Å². The van der Waals surface area contributed by atoms with E-state index >= 15 is 0 Å². The molecule has 0 unspecified atom stereocenters. The van der Waals surface area contributed by atoms with Crippen LogP contribution in [-0.2, 0) is 10.5 Å². The summed E-state index contributed by atoms with van der Waals surface area (Å²) in [7, 11) is 0. The second kappa shape index (κ2) is 11.7. The number of aromatic nitrogens is 1. The Morgan fingerprint density at radius 1 is 1.06 bits per heavy atom. The van der Waals surface area contributed by atoms with E-state index in [-0.39, 0.29) is 5.91 Å². The molecular weight excluding hydrogens is 497 g/mol. The van der Waals surface area contributed by atoms with Crippen molar-refractivity contribution in [3.05, 3.63) is 83.4 Å². The van der Waals surface area contributed by atoms with Crippen LogP contribution in [0.15, 0.2) is 71.1 Å². The van der Waals surface area contributed by atoms with Crippen LogP contribution in [0.1, 0.15) is 27.9 Å². The molecule has 1 amide bonds. The van der Waals surface area contributed by atoms with Gasteiger partial charge in [0.15, 0.2) is 4.34 Å². The van der Waals surface area contributed by atoms with E-state index in [0.29, 0.717) is 23.5 Å². The summed E-state index contributed by atoms with van der Waals surface area (Å²) >= 11 is 4.90. The van der Waals surface area contributed by atoms with Crippen molar-refractivity contribution in [2.75, 3.05) is 12.0 Å². The number of hydrogen-bond donors (Lipinski definition) is 2. The Labute approximate surface area is 217 Å². The second-order valence-electron chi connectivity index (χ2n) is 8.08. The van der Waals surface area contributed by atoms with E-state index in [4.69, 9.17) is 4.98 Å². The Bertz CT molecular complexity index is 1320. The summed E-state index contributed by atoms with van der Waals surface area (Å²) in [6, 6.07) is 20.9. The first-order chi connectivity index (χ1) is 17.0. The van der Waals surface area contributed by atoms with Gasteiger partial charge in [-0.25, -0.2) is 9.78 Å². The molecule has 3 aromatic carbocycles. The minimum atomic E-state index is -1.02. The summed E-state index contributed by atoms with van der Waals surface area (Å²) in [5.74, 6) is -0.0218. The van der Waals surface area contributed by atoms with Crippen molar-refractivity contribution in [3.8, 4) is 11.1 Å². The fourth-order valence-electron chi connectivity index (χ4n) is 3.76. The molecule has 8 heteroatoms. The smallest absolute Gasteiger partial charge is 0.326 e. The van der Waals surface area contributed by atoms with E-state index in [2.05, 4.69) is 11.4 Å². The molecule has 1 atom stereocenters. The zero-order valence-corrected chi connectivity index (χ0v) is 21.9. The van der Waals surface area contributed by atoms with Gasteiger partial charge in [-0.15, -0.1) is 11.3 Å². The average molecular weight is 523 g/mol. The predicted molar refractivity (Wildman–Crippen MR) is 148 cm³/mol. The van der Waals surface area contributed by atoms with Gasteiger partial charge < -0.3 is 10.4 Å². The van der Waals surface area contributed by atoms with Crippen LogP contribution in [-0.4, -0.2) is 40.0 Å². The van der Waals surface area contributed by atoms with Crippen molar-refractivity contribution >= 4 is 57.0 Å². The first-order valence-electron chi connectivity index (χ1n) is 11.2. The molecule has 4 rings (SSSR count). The quantitative estimate of drug-likeness (QED) is 0.232. The highest BCUT2D eigenvalue weighted by Gasteiger charge is 2.22. The number of carbonyl (C=O) groups excluding carboxylic acids is 1. The van der Waals surface area contributed by atoms with Gasteiger partial charge in [0.05, 0.1) is 10.2 Å². The number of amides is 1. The van der Waals surface area contributed by atoms with E-state index < -0.39 is 12.0 Å².